The second-order valence-electron chi connectivity index (χ2n) is 4.75. The number of non-ortho nitro benzene ring substituents is 1. The van der Waals surface area contributed by atoms with Crippen LogP contribution >= 0.6 is 11.6 Å². The predicted molar refractivity (Wildman–Crippen MR) is 81.8 cm³/mol. The fraction of sp³-hybridized carbons (Fsp3) is 0.286. The molecule has 8 nitrogen and oxygen atoms in total. The third-order valence-electron chi connectivity index (χ3n) is 3.27. The number of hydrogen-bond donors (Lipinski definition) is 2. The van der Waals surface area contributed by atoms with E-state index in [-0.39, 0.29) is 28.5 Å². The van der Waals surface area contributed by atoms with Gasteiger partial charge in [-0.1, -0.05) is 11.6 Å². The van der Waals surface area contributed by atoms with Crippen molar-refractivity contribution in [3.8, 4) is 0 Å². The van der Waals surface area contributed by atoms with Gasteiger partial charge in [0.25, 0.3) is 5.69 Å². The molecule has 0 spiro atoms. The van der Waals surface area contributed by atoms with Crippen LogP contribution in [0.4, 0.5) is 10.5 Å². The van der Waals surface area contributed by atoms with Crippen LogP contribution in [-0.2, 0) is 9.53 Å². The van der Waals surface area contributed by atoms with E-state index < -0.39 is 23.0 Å². The van der Waals surface area contributed by atoms with E-state index in [1.807, 2.05) is 0 Å². The number of rotatable bonds is 4. The summed E-state index contributed by atoms with van der Waals surface area (Å²) in [5.41, 5.74) is 0.504. The molecule has 1 atom stereocenters. The van der Waals surface area contributed by atoms with Gasteiger partial charge in [-0.15, -0.1) is 0 Å². The summed E-state index contributed by atoms with van der Waals surface area (Å²) in [5, 5.41) is 16.2. The number of halogens is 1. The molecular weight excluding hydrogens is 326 g/mol. The minimum atomic E-state index is -0.935. The number of amides is 2. The first-order valence-corrected chi connectivity index (χ1v) is 7.12. The average molecular weight is 340 g/mol. The molecule has 2 rings (SSSR count). The third kappa shape index (κ3) is 3.42. The van der Waals surface area contributed by atoms with E-state index in [4.69, 9.17) is 16.3 Å². The minimum Gasteiger partial charge on any atom is -0.463 e. The zero-order valence-corrected chi connectivity index (χ0v) is 13.1. The van der Waals surface area contributed by atoms with Crippen LogP contribution in [0.1, 0.15) is 25.5 Å². The van der Waals surface area contributed by atoms with Gasteiger partial charge in [-0.2, -0.15) is 0 Å². The lowest BCUT2D eigenvalue weighted by atomic mass is 9.95. The van der Waals surface area contributed by atoms with Crippen LogP contribution < -0.4 is 10.6 Å². The highest BCUT2D eigenvalue weighted by Gasteiger charge is 2.34. The molecule has 0 unspecified atom stereocenters. The Morgan fingerprint density at radius 3 is 2.78 bits per heavy atom. The first-order chi connectivity index (χ1) is 10.8. The van der Waals surface area contributed by atoms with Crippen molar-refractivity contribution in [2.75, 3.05) is 6.61 Å². The molecule has 1 heterocycles. The zero-order chi connectivity index (χ0) is 17.1. The summed E-state index contributed by atoms with van der Waals surface area (Å²) in [5.74, 6) is -0.634. The summed E-state index contributed by atoms with van der Waals surface area (Å²) in [6, 6.07) is 2.35. The number of nitro groups is 1. The highest BCUT2D eigenvalue weighted by atomic mass is 35.5. The van der Waals surface area contributed by atoms with E-state index in [9.17, 15) is 19.7 Å². The molecule has 2 N–H and O–H groups in total. The van der Waals surface area contributed by atoms with E-state index >= 15 is 0 Å². The van der Waals surface area contributed by atoms with Crippen molar-refractivity contribution in [2.24, 2.45) is 0 Å². The van der Waals surface area contributed by atoms with Gasteiger partial charge >= 0.3 is 12.0 Å². The Kier molecular flexibility index (Phi) is 4.85. The van der Waals surface area contributed by atoms with Crippen molar-refractivity contribution in [1.29, 1.82) is 0 Å². The summed E-state index contributed by atoms with van der Waals surface area (Å²) < 4.78 is 4.99. The van der Waals surface area contributed by atoms with Gasteiger partial charge in [0.2, 0.25) is 0 Å². The van der Waals surface area contributed by atoms with Crippen LogP contribution in [0.5, 0.6) is 0 Å². The maximum Gasteiger partial charge on any atom is 0.338 e. The van der Waals surface area contributed by atoms with E-state index in [0.717, 1.165) is 0 Å². The van der Waals surface area contributed by atoms with Gasteiger partial charge in [-0.05, 0) is 19.9 Å². The molecule has 122 valence electrons. The first kappa shape index (κ1) is 16.8. The molecule has 23 heavy (non-hydrogen) atoms. The first-order valence-electron chi connectivity index (χ1n) is 6.74. The van der Waals surface area contributed by atoms with E-state index in [2.05, 4.69) is 10.6 Å². The largest absolute Gasteiger partial charge is 0.463 e. The number of ether oxygens (including phenoxy) is 1. The maximum atomic E-state index is 12.2. The summed E-state index contributed by atoms with van der Waals surface area (Å²) in [7, 11) is 0. The number of benzene rings is 1. The van der Waals surface area contributed by atoms with Crippen LogP contribution in [0, 0.1) is 10.1 Å². The number of nitrogens with one attached hydrogen (secondary N) is 2. The monoisotopic (exact) mass is 339 g/mol. The van der Waals surface area contributed by atoms with Gasteiger partial charge < -0.3 is 15.4 Å². The number of nitro benzene ring substituents is 1. The van der Waals surface area contributed by atoms with Crippen molar-refractivity contribution in [3.63, 3.8) is 0 Å². The van der Waals surface area contributed by atoms with Crippen LogP contribution in [0.3, 0.4) is 0 Å². The third-order valence-corrected chi connectivity index (χ3v) is 3.61. The average Bonchev–Trinajstić information content (AvgIpc) is 2.46. The van der Waals surface area contributed by atoms with E-state index in [1.165, 1.54) is 18.2 Å². The van der Waals surface area contributed by atoms with Gasteiger partial charge in [0.1, 0.15) is 0 Å². The number of carbonyl (C=O) groups excluding carboxylic acids is 2. The molecule has 0 saturated carbocycles. The van der Waals surface area contributed by atoms with Gasteiger partial charge in [-0.25, -0.2) is 9.59 Å². The van der Waals surface area contributed by atoms with Gasteiger partial charge in [0.15, 0.2) is 0 Å². The molecule has 2 amide bonds. The molecule has 1 aromatic rings. The van der Waals surface area contributed by atoms with E-state index in [1.54, 1.807) is 13.8 Å². The summed E-state index contributed by atoms with van der Waals surface area (Å²) in [6.45, 7) is 3.35. The number of urea groups is 1. The molecule has 0 radical (unpaired) electrons. The van der Waals surface area contributed by atoms with Crippen LogP contribution in [0.15, 0.2) is 29.5 Å². The van der Waals surface area contributed by atoms with Gasteiger partial charge in [-0.3, -0.25) is 10.1 Å². The minimum absolute atomic E-state index is 0.147. The standard InChI is InChI=1S/C14H14ClN3O5/c1-3-23-13(19)11-7(2)16-14(20)17-12(11)9-6-8(18(21)22)4-5-10(9)15/h4-6,12H,3H2,1-2H3,(H2,16,17,20)/t12-/m1/s1. The molecule has 1 aliphatic heterocycles. The molecule has 9 heteroatoms. The highest BCUT2D eigenvalue weighted by molar-refractivity contribution is 6.31. The molecule has 0 saturated heterocycles. The van der Waals surface area contributed by atoms with Crippen molar-refractivity contribution >= 4 is 29.3 Å². The highest BCUT2D eigenvalue weighted by Crippen LogP contribution is 2.34. The number of nitrogens with zero attached hydrogens (tertiary/aromatic N) is 1. The number of allylic oxidation sites excluding steroid dienone is 1. The maximum absolute atomic E-state index is 12.2. The lowest BCUT2D eigenvalue weighted by Crippen LogP contribution is -2.45. The van der Waals surface area contributed by atoms with Crippen LogP contribution in [0.25, 0.3) is 0 Å². The second kappa shape index (κ2) is 6.66. The Morgan fingerprint density at radius 2 is 2.17 bits per heavy atom. The topological polar surface area (TPSA) is 111 Å². The lowest BCUT2D eigenvalue weighted by Gasteiger charge is -2.28. The molecule has 1 aromatic carbocycles. The smallest absolute Gasteiger partial charge is 0.338 e. The van der Waals surface area contributed by atoms with Crippen molar-refractivity contribution in [1.82, 2.24) is 10.6 Å². The Balaban J connectivity index is 2.56. The summed E-state index contributed by atoms with van der Waals surface area (Å²) in [4.78, 5) is 34.3. The normalized spacial score (nSPS) is 17.3. The van der Waals surface area contributed by atoms with Crippen molar-refractivity contribution in [3.05, 3.63) is 50.2 Å². The Hall–Kier alpha value is -2.61. The second-order valence-corrected chi connectivity index (χ2v) is 5.16. The lowest BCUT2D eigenvalue weighted by molar-refractivity contribution is -0.384. The van der Waals surface area contributed by atoms with Crippen LogP contribution in [0.2, 0.25) is 5.02 Å². The van der Waals surface area contributed by atoms with E-state index in [0.29, 0.717) is 5.70 Å². The Labute approximate surface area is 136 Å². The molecule has 0 fully saturated rings. The SMILES string of the molecule is CCOC(=O)C1=C(C)NC(=O)N[C@@H]1c1cc([N+](=O)[O-])ccc1Cl. The molecule has 1 aliphatic rings. The fourth-order valence-corrected chi connectivity index (χ4v) is 2.50. The summed E-state index contributed by atoms with van der Waals surface area (Å²) >= 11 is 6.11. The zero-order valence-electron chi connectivity index (χ0n) is 12.4. The predicted octanol–water partition coefficient (Wildman–Crippen LogP) is 2.44. The number of esters is 1. The van der Waals surface area contributed by atoms with Gasteiger partial charge in [0, 0.05) is 28.4 Å². The fourth-order valence-electron chi connectivity index (χ4n) is 2.27. The van der Waals surface area contributed by atoms with Crippen molar-refractivity contribution < 1.29 is 19.2 Å². The quantitative estimate of drug-likeness (QED) is 0.497. The van der Waals surface area contributed by atoms with Crippen LogP contribution in [-0.4, -0.2) is 23.5 Å². The molecule has 0 aliphatic carbocycles. The molecule has 0 bridgehead atoms. The molecular formula is C14H14ClN3O5. The Morgan fingerprint density at radius 1 is 1.48 bits per heavy atom. The Bertz CT molecular complexity index is 716. The van der Waals surface area contributed by atoms with Gasteiger partial charge in [0.05, 0.1) is 23.1 Å². The van der Waals surface area contributed by atoms with Crippen molar-refractivity contribution in [2.45, 2.75) is 19.9 Å². The number of carbonyl (C=O) groups is 2. The summed E-state index contributed by atoms with van der Waals surface area (Å²) in [6.07, 6.45) is 0. The number of hydrogen-bond acceptors (Lipinski definition) is 5. The molecule has 0 aromatic heterocycles.